The van der Waals surface area contributed by atoms with Crippen molar-refractivity contribution in [3.8, 4) is 0 Å². The molecule has 1 aliphatic rings. The molecular weight excluding hydrogens is 172 g/mol. The highest BCUT2D eigenvalue weighted by Crippen LogP contribution is 2.22. The third-order valence-electron chi connectivity index (χ3n) is 2.18. The molecule has 76 valence electrons. The maximum absolute atomic E-state index is 10.6. The van der Waals surface area contributed by atoms with E-state index in [1.165, 1.54) is 6.42 Å². The normalized spacial score (nSPS) is 19.5. The number of aliphatic carboxylic acids is 1. The van der Waals surface area contributed by atoms with Gasteiger partial charge in [-0.3, -0.25) is 0 Å². The smallest absolute Gasteiger partial charge is 0.335 e. The Morgan fingerprint density at radius 3 is 2.69 bits per heavy atom. The number of hydrogen-bond donors (Lipinski definition) is 1. The lowest BCUT2D eigenvalue weighted by molar-refractivity contribution is -0.157. The third kappa shape index (κ3) is 3.32. The average molecular weight is 188 g/mol. The van der Waals surface area contributed by atoms with Crippen molar-refractivity contribution in [1.82, 2.24) is 0 Å². The minimum atomic E-state index is -0.943. The first kappa shape index (κ1) is 10.5. The summed E-state index contributed by atoms with van der Waals surface area (Å²) in [4.78, 5) is 10.6. The zero-order chi connectivity index (χ0) is 9.68. The predicted octanol–water partition coefficient (Wildman–Crippen LogP) is 1.05. The second kappa shape index (κ2) is 5.19. The summed E-state index contributed by atoms with van der Waals surface area (Å²) in [6.45, 7) is 2.36. The molecule has 1 aliphatic carbocycles. The Morgan fingerprint density at radius 2 is 2.31 bits per heavy atom. The lowest BCUT2D eigenvalue weighted by Crippen LogP contribution is -2.33. The van der Waals surface area contributed by atoms with Crippen molar-refractivity contribution in [2.75, 3.05) is 13.2 Å². The summed E-state index contributed by atoms with van der Waals surface area (Å²) in [6.07, 6.45) is 2.77. The van der Waals surface area contributed by atoms with Gasteiger partial charge in [-0.1, -0.05) is 0 Å². The molecule has 0 radical (unpaired) electrons. The molecule has 1 N–H and O–H groups in total. The Morgan fingerprint density at radius 1 is 1.62 bits per heavy atom. The van der Waals surface area contributed by atoms with E-state index < -0.39 is 12.1 Å². The van der Waals surface area contributed by atoms with Gasteiger partial charge in [-0.25, -0.2) is 4.79 Å². The molecule has 1 saturated carbocycles. The van der Waals surface area contributed by atoms with Gasteiger partial charge in [0.1, 0.15) is 0 Å². The summed E-state index contributed by atoms with van der Waals surface area (Å²) in [6, 6.07) is 0. The van der Waals surface area contributed by atoms with Crippen LogP contribution in [-0.2, 0) is 14.3 Å². The van der Waals surface area contributed by atoms with E-state index in [9.17, 15) is 4.79 Å². The predicted molar refractivity (Wildman–Crippen MR) is 46.6 cm³/mol. The van der Waals surface area contributed by atoms with Crippen LogP contribution >= 0.6 is 0 Å². The Balaban J connectivity index is 2.16. The van der Waals surface area contributed by atoms with Crippen molar-refractivity contribution in [3.05, 3.63) is 0 Å². The third-order valence-corrected chi connectivity index (χ3v) is 2.18. The highest BCUT2D eigenvalue weighted by molar-refractivity contribution is 5.72. The van der Waals surface area contributed by atoms with Gasteiger partial charge in [-0.15, -0.1) is 0 Å². The van der Waals surface area contributed by atoms with Crippen molar-refractivity contribution >= 4 is 5.97 Å². The Hall–Kier alpha value is -0.610. The van der Waals surface area contributed by atoms with Gasteiger partial charge in [-0.05, 0) is 26.2 Å². The molecule has 0 aromatic heterocycles. The van der Waals surface area contributed by atoms with Gasteiger partial charge in [0.05, 0.1) is 12.7 Å². The summed E-state index contributed by atoms with van der Waals surface area (Å²) < 4.78 is 10.3. The number of carbonyl (C=O) groups is 1. The molecule has 0 saturated heterocycles. The highest BCUT2D eigenvalue weighted by Gasteiger charge is 2.23. The van der Waals surface area contributed by atoms with Gasteiger partial charge in [0.25, 0.3) is 0 Å². The molecule has 4 nitrogen and oxygen atoms in total. The maximum Gasteiger partial charge on any atom is 0.335 e. The molecule has 13 heavy (non-hydrogen) atoms. The molecule has 1 atom stereocenters. The number of carboxylic acids is 1. The molecule has 1 rings (SSSR count). The van der Waals surface area contributed by atoms with Crippen LogP contribution in [0.15, 0.2) is 0 Å². The molecule has 0 bridgehead atoms. The molecule has 0 amide bonds. The number of ether oxygens (including phenoxy) is 2. The van der Waals surface area contributed by atoms with E-state index in [2.05, 4.69) is 0 Å². The van der Waals surface area contributed by atoms with E-state index in [1.54, 1.807) is 6.92 Å². The fraction of sp³-hybridized carbons (Fsp3) is 0.889. The molecule has 0 spiro atoms. The molecule has 1 unspecified atom stereocenters. The number of rotatable bonds is 6. The largest absolute Gasteiger partial charge is 0.479 e. The van der Waals surface area contributed by atoms with Crippen LogP contribution in [0.1, 0.15) is 26.2 Å². The maximum atomic E-state index is 10.6. The second-order valence-corrected chi connectivity index (χ2v) is 3.17. The molecule has 0 aromatic rings. The fourth-order valence-corrected chi connectivity index (χ4v) is 1.15. The lowest BCUT2D eigenvalue weighted by Gasteiger charge is -2.26. The van der Waals surface area contributed by atoms with Crippen LogP contribution in [0.25, 0.3) is 0 Å². The lowest BCUT2D eigenvalue weighted by atomic mass is 9.96. The van der Waals surface area contributed by atoms with Crippen molar-refractivity contribution in [2.24, 2.45) is 0 Å². The van der Waals surface area contributed by atoms with E-state index in [0.29, 0.717) is 6.61 Å². The van der Waals surface area contributed by atoms with Crippen molar-refractivity contribution in [2.45, 2.75) is 38.4 Å². The monoisotopic (exact) mass is 188 g/mol. The molecule has 1 fully saturated rings. The molecular formula is C9H16O4. The van der Waals surface area contributed by atoms with Gasteiger partial charge in [0.2, 0.25) is 0 Å². The van der Waals surface area contributed by atoms with Crippen molar-refractivity contribution in [1.29, 1.82) is 0 Å². The molecule has 0 heterocycles. The standard InChI is InChI=1S/C9H16O4/c1-2-12-8(9(10)11)6-13-7-4-3-5-7/h7-8H,2-6H2,1H3,(H,10,11). The van der Waals surface area contributed by atoms with Gasteiger partial charge in [-0.2, -0.15) is 0 Å². The van der Waals surface area contributed by atoms with E-state index in [4.69, 9.17) is 14.6 Å². The van der Waals surface area contributed by atoms with E-state index >= 15 is 0 Å². The minimum absolute atomic E-state index is 0.174. The summed E-state index contributed by atoms with van der Waals surface area (Å²) in [5, 5.41) is 8.70. The highest BCUT2D eigenvalue weighted by atomic mass is 16.6. The Labute approximate surface area is 77.8 Å². The van der Waals surface area contributed by atoms with Crippen LogP contribution in [-0.4, -0.2) is 36.5 Å². The summed E-state index contributed by atoms with van der Waals surface area (Å²) in [5.74, 6) is -0.943. The van der Waals surface area contributed by atoms with Crippen LogP contribution in [0.4, 0.5) is 0 Å². The van der Waals surface area contributed by atoms with Crippen LogP contribution in [0.5, 0.6) is 0 Å². The van der Waals surface area contributed by atoms with Gasteiger partial charge in [0, 0.05) is 6.61 Å². The van der Waals surface area contributed by atoms with Crippen LogP contribution in [0.3, 0.4) is 0 Å². The Bertz CT molecular complexity index is 165. The molecule has 0 aromatic carbocycles. The first-order chi connectivity index (χ1) is 6.24. The number of hydrogen-bond acceptors (Lipinski definition) is 3. The van der Waals surface area contributed by atoms with Crippen LogP contribution in [0.2, 0.25) is 0 Å². The van der Waals surface area contributed by atoms with Crippen LogP contribution < -0.4 is 0 Å². The first-order valence-electron chi connectivity index (χ1n) is 4.70. The molecule has 0 aliphatic heterocycles. The second-order valence-electron chi connectivity index (χ2n) is 3.17. The van der Waals surface area contributed by atoms with Crippen LogP contribution in [0, 0.1) is 0 Å². The number of carboxylic acid groups (broad SMARTS) is 1. The summed E-state index contributed by atoms with van der Waals surface area (Å²) in [5.41, 5.74) is 0. The fourth-order valence-electron chi connectivity index (χ4n) is 1.15. The van der Waals surface area contributed by atoms with Gasteiger partial charge in [0.15, 0.2) is 6.10 Å². The van der Waals surface area contributed by atoms with Gasteiger partial charge >= 0.3 is 5.97 Å². The quantitative estimate of drug-likeness (QED) is 0.676. The summed E-state index contributed by atoms with van der Waals surface area (Å²) >= 11 is 0. The average Bonchev–Trinajstić information content (AvgIpc) is 1.99. The van der Waals surface area contributed by atoms with E-state index in [1.807, 2.05) is 0 Å². The SMILES string of the molecule is CCOC(COC1CCC1)C(=O)O. The summed E-state index contributed by atoms with van der Waals surface area (Å²) in [7, 11) is 0. The van der Waals surface area contributed by atoms with E-state index in [-0.39, 0.29) is 12.7 Å². The Kier molecular flexibility index (Phi) is 4.18. The van der Waals surface area contributed by atoms with Crippen molar-refractivity contribution in [3.63, 3.8) is 0 Å². The minimum Gasteiger partial charge on any atom is -0.479 e. The zero-order valence-electron chi connectivity index (χ0n) is 7.86. The van der Waals surface area contributed by atoms with E-state index in [0.717, 1.165) is 12.8 Å². The van der Waals surface area contributed by atoms with Crippen molar-refractivity contribution < 1.29 is 19.4 Å². The topological polar surface area (TPSA) is 55.8 Å². The molecule has 4 heteroatoms. The zero-order valence-corrected chi connectivity index (χ0v) is 7.86. The van der Waals surface area contributed by atoms with Gasteiger partial charge < -0.3 is 14.6 Å². The first-order valence-corrected chi connectivity index (χ1v) is 4.70.